The van der Waals surface area contributed by atoms with Crippen LogP contribution in [0.2, 0.25) is 15.3 Å². The summed E-state index contributed by atoms with van der Waals surface area (Å²) in [6, 6.07) is 1.56. The van der Waals surface area contributed by atoms with Crippen molar-refractivity contribution in [3.8, 4) is 0 Å². The molecule has 2 aromatic heterocycles. The second-order valence-electron chi connectivity index (χ2n) is 6.68. The number of ether oxygens (including phenoxy) is 1. The molecule has 1 aliphatic rings. The number of halogens is 3. The third kappa shape index (κ3) is 4.42. The van der Waals surface area contributed by atoms with Crippen LogP contribution in [-0.4, -0.2) is 46.9 Å². The maximum absolute atomic E-state index is 12.6. The average molecular weight is 446 g/mol. The Bertz CT molecular complexity index is 908. The van der Waals surface area contributed by atoms with Crippen LogP contribution in [0.1, 0.15) is 45.9 Å². The van der Waals surface area contributed by atoms with E-state index in [9.17, 15) is 9.59 Å². The minimum Gasteiger partial charge on any atom is -0.464 e. The largest absolute Gasteiger partial charge is 0.464 e. The van der Waals surface area contributed by atoms with Crippen LogP contribution in [0.5, 0.6) is 0 Å². The Hall–Kier alpha value is -1.83. The zero-order valence-corrected chi connectivity index (χ0v) is 17.7. The van der Waals surface area contributed by atoms with Crippen LogP contribution in [0.25, 0.3) is 0 Å². The number of nitrogens with one attached hydrogen (secondary N) is 1. The number of esters is 1. The highest BCUT2D eigenvalue weighted by Crippen LogP contribution is 2.32. The quantitative estimate of drug-likeness (QED) is 0.418. The number of rotatable bonds is 5. The van der Waals surface area contributed by atoms with Crippen molar-refractivity contribution in [3.05, 3.63) is 38.5 Å². The van der Waals surface area contributed by atoms with Crippen molar-refractivity contribution in [3.63, 3.8) is 0 Å². The highest BCUT2D eigenvalue weighted by molar-refractivity contribution is 6.44. The number of hydrogen-bond acceptors (Lipinski definition) is 6. The predicted molar refractivity (Wildman–Crippen MR) is 108 cm³/mol. The SMILES string of the molecule is COC(=O)c1cc(N2CCC(CC(=O)c3[nH]c(C)c(Cl)c3Cl)CC2)nc(Cl)n1. The maximum Gasteiger partial charge on any atom is 0.356 e. The summed E-state index contributed by atoms with van der Waals surface area (Å²) in [5.74, 6) is 0.180. The number of aryl methyl sites for hydroxylation is 1. The number of carbonyl (C=O) groups is 2. The van der Waals surface area contributed by atoms with Crippen LogP contribution < -0.4 is 4.90 Å². The molecule has 7 nitrogen and oxygen atoms in total. The Kier molecular flexibility index (Phi) is 6.47. The molecular formula is C18H19Cl3N4O3. The van der Waals surface area contributed by atoms with Gasteiger partial charge in [0.15, 0.2) is 11.5 Å². The van der Waals surface area contributed by atoms with E-state index in [1.807, 2.05) is 4.90 Å². The molecule has 3 rings (SSSR count). The fourth-order valence-corrected chi connectivity index (χ4v) is 3.88. The first-order valence-corrected chi connectivity index (χ1v) is 9.88. The monoisotopic (exact) mass is 444 g/mol. The Labute approximate surface area is 177 Å². The lowest BCUT2D eigenvalue weighted by Gasteiger charge is -2.32. The highest BCUT2D eigenvalue weighted by atomic mass is 35.5. The van der Waals surface area contributed by atoms with Crippen molar-refractivity contribution in [2.75, 3.05) is 25.1 Å². The number of ketones is 1. The van der Waals surface area contributed by atoms with Gasteiger partial charge in [0.1, 0.15) is 11.5 Å². The first kappa shape index (κ1) is 20.9. The van der Waals surface area contributed by atoms with Crippen LogP contribution in [-0.2, 0) is 4.74 Å². The molecule has 1 aliphatic heterocycles. The second kappa shape index (κ2) is 8.68. The van der Waals surface area contributed by atoms with Crippen molar-refractivity contribution < 1.29 is 14.3 Å². The van der Waals surface area contributed by atoms with Gasteiger partial charge in [-0.15, -0.1) is 0 Å². The molecule has 0 aromatic carbocycles. The normalized spacial score (nSPS) is 15.0. The van der Waals surface area contributed by atoms with E-state index in [0.29, 0.717) is 41.7 Å². The molecule has 3 heterocycles. The van der Waals surface area contributed by atoms with E-state index in [2.05, 4.69) is 19.7 Å². The summed E-state index contributed by atoms with van der Waals surface area (Å²) >= 11 is 18.1. The van der Waals surface area contributed by atoms with Gasteiger partial charge in [-0.2, -0.15) is 0 Å². The molecule has 1 fully saturated rings. The third-order valence-corrected chi connectivity index (χ3v) is 5.94. The number of aromatic amines is 1. The first-order valence-electron chi connectivity index (χ1n) is 8.74. The Balaban J connectivity index is 1.63. The molecule has 150 valence electrons. The van der Waals surface area contributed by atoms with Crippen LogP contribution in [0, 0.1) is 12.8 Å². The standard InChI is InChI=1S/C18H19Cl3N4O3/c1-9-14(19)15(20)16(22-9)12(26)7-10-3-5-25(6-4-10)13-8-11(17(27)28-2)23-18(21)24-13/h8,10,22H,3-7H2,1-2H3. The molecule has 2 aromatic rings. The Morgan fingerprint density at radius 1 is 1.21 bits per heavy atom. The molecule has 1 N–H and O–H groups in total. The number of nitrogens with zero attached hydrogens (tertiary/aromatic N) is 3. The summed E-state index contributed by atoms with van der Waals surface area (Å²) in [4.78, 5) is 37.4. The van der Waals surface area contributed by atoms with E-state index in [1.54, 1.807) is 13.0 Å². The molecule has 0 amide bonds. The number of anilines is 1. The summed E-state index contributed by atoms with van der Waals surface area (Å²) in [5.41, 5.74) is 1.17. The van der Waals surface area contributed by atoms with Crippen molar-refractivity contribution in [2.45, 2.75) is 26.2 Å². The number of methoxy groups -OCH3 is 1. The average Bonchev–Trinajstić information content (AvgIpc) is 2.95. The first-order chi connectivity index (χ1) is 13.3. The van der Waals surface area contributed by atoms with Crippen LogP contribution in [0.15, 0.2) is 6.07 Å². The number of aromatic nitrogens is 3. The summed E-state index contributed by atoms with van der Waals surface area (Å²) in [5, 5.41) is 0.665. The molecule has 0 bridgehead atoms. The van der Waals surface area contributed by atoms with Gasteiger partial charge in [-0.25, -0.2) is 14.8 Å². The van der Waals surface area contributed by atoms with Gasteiger partial charge in [-0.1, -0.05) is 23.2 Å². The summed E-state index contributed by atoms with van der Waals surface area (Å²) < 4.78 is 4.69. The summed E-state index contributed by atoms with van der Waals surface area (Å²) in [6.07, 6.45) is 1.99. The molecule has 0 atom stereocenters. The van der Waals surface area contributed by atoms with Crippen LogP contribution >= 0.6 is 34.8 Å². The fraction of sp³-hybridized carbons (Fsp3) is 0.444. The van der Waals surface area contributed by atoms with Gasteiger partial charge >= 0.3 is 5.97 Å². The number of piperidine rings is 1. The van der Waals surface area contributed by atoms with Gasteiger partial charge < -0.3 is 14.6 Å². The minimum absolute atomic E-state index is 0.0103. The molecule has 0 spiro atoms. The van der Waals surface area contributed by atoms with E-state index in [0.717, 1.165) is 12.8 Å². The molecule has 0 radical (unpaired) electrons. The van der Waals surface area contributed by atoms with Gasteiger partial charge in [0.2, 0.25) is 5.28 Å². The van der Waals surface area contributed by atoms with E-state index < -0.39 is 5.97 Å². The minimum atomic E-state index is -0.567. The number of Topliss-reactive ketones (excluding diaryl/α,β-unsaturated/α-hetero) is 1. The molecule has 1 saturated heterocycles. The second-order valence-corrected chi connectivity index (χ2v) is 7.78. The van der Waals surface area contributed by atoms with Crippen molar-refractivity contribution in [2.24, 2.45) is 5.92 Å². The van der Waals surface area contributed by atoms with Gasteiger partial charge in [0.25, 0.3) is 0 Å². The fourth-order valence-electron chi connectivity index (χ4n) is 3.27. The van der Waals surface area contributed by atoms with E-state index in [1.165, 1.54) is 7.11 Å². The highest BCUT2D eigenvalue weighted by Gasteiger charge is 2.26. The van der Waals surface area contributed by atoms with Crippen molar-refractivity contribution in [1.29, 1.82) is 0 Å². The Morgan fingerprint density at radius 2 is 1.89 bits per heavy atom. The molecule has 0 unspecified atom stereocenters. The van der Waals surface area contributed by atoms with E-state index >= 15 is 0 Å². The summed E-state index contributed by atoms with van der Waals surface area (Å²) in [7, 11) is 1.28. The lowest BCUT2D eigenvalue weighted by Crippen LogP contribution is -2.35. The van der Waals surface area contributed by atoms with Gasteiger partial charge in [-0.05, 0) is 37.3 Å². The number of carbonyl (C=O) groups excluding carboxylic acids is 2. The number of H-pyrrole nitrogens is 1. The van der Waals surface area contributed by atoms with E-state index in [4.69, 9.17) is 34.8 Å². The van der Waals surface area contributed by atoms with Crippen LogP contribution in [0.4, 0.5) is 5.82 Å². The van der Waals surface area contributed by atoms with Gasteiger partial charge in [0.05, 0.1) is 17.2 Å². The molecule has 10 heteroatoms. The zero-order chi connectivity index (χ0) is 20.4. The molecule has 28 heavy (non-hydrogen) atoms. The molecule has 0 saturated carbocycles. The van der Waals surface area contributed by atoms with Gasteiger partial charge in [0, 0.05) is 31.3 Å². The van der Waals surface area contributed by atoms with E-state index in [-0.39, 0.29) is 27.7 Å². The zero-order valence-electron chi connectivity index (χ0n) is 15.4. The molecular weight excluding hydrogens is 427 g/mol. The lowest BCUT2D eigenvalue weighted by molar-refractivity contribution is 0.0593. The predicted octanol–water partition coefficient (Wildman–Crippen LogP) is 4.35. The smallest absolute Gasteiger partial charge is 0.356 e. The maximum atomic E-state index is 12.6. The summed E-state index contributed by atoms with van der Waals surface area (Å²) in [6.45, 7) is 3.15. The molecule has 0 aliphatic carbocycles. The Morgan fingerprint density at radius 3 is 2.46 bits per heavy atom. The van der Waals surface area contributed by atoms with Crippen LogP contribution in [0.3, 0.4) is 0 Å². The van der Waals surface area contributed by atoms with Crippen molar-refractivity contribution >= 4 is 52.4 Å². The number of hydrogen-bond donors (Lipinski definition) is 1. The topological polar surface area (TPSA) is 88.2 Å². The lowest BCUT2D eigenvalue weighted by atomic mass is 9.91. The van der Waals surface area contributed by atoms with Crippen molar-refractivity contribution in [1.82, 2.24) is 15.0 Å². The van der Waals surface area contributed by atoms with Gasteiger partial charge in [-0.3, -0.25) is 4.79 Å². The third-order valence-electron chi connectivity index (χ3n) is 4.83.